The molecule has 0 amide bonds. The van der Waals surface area contributed by atoms with E-state index in [0.717, 1.165) is 15.6 Å². The molecule has 1 atom stereocenters. The highest BCUT2D eigenvalue weighted by atomic mass is 79.9. The highest BCUT2D eigenvalue weighted by Crippen LogP contribution is 2.30. The van der Waals surface area contributed by atoms with E-state index in [1.54, 1.807) is 0 Å². The van der Waals surface area contributed by atoms with E-state index in [2.05, 4.69) is 21.4 Å². The number of nitrogens with two attached hydrogens (primary N) is 1. The quantitative estimate of drug-likeness (QED) is 0.642. The van der Waals surface area contributed by atoms with E-state index in [1.165, 1.54) is 0 Å². The largest absolute Gasteiger partial charge is 0.271 e. The first-order chi connectivity index (χ1) is 8.61. The third-order valence-electron chi connectivity index (χ3n) is 2.64. The van der Waals surface area contributed by atoms with Gasteiger partial charge in [-0.3, -0.25) is 5.84 Å². The third kappa shape index (κ3) is 3.05. The summed E-state index contributed by atoms with van der Waals surface area (Å²) in [5, 5.41) is 1.38. The van der Waals surface area contributed by atoms with Gasteiger partial charge in [0.05, 0.1) is 6.04 Å². The number of hydrogen-bond acceptors (Lipinski definition) is 2. The molecule has 2 rings (SSSR count). The fourth-order valence-corrected chi connectivity index (χ4v) is 2.79. The predicted molar refractivity (Wildman–Crippen MR) is 79.8 cm³/mol. The highest BCUT2D eigenvalue weighted by Gasteiger charge is 2.15. The number of nitrogens with one attached hydrogen (secondary N) is 1. The Balaban J connectivity index is 2.41. The summed E-state index contributed by atoms with van der Waals surface area (Å²) in [6.07, 6.45) is 0. The molecule has 1 unspecified atom stereocenters. The monoisotopic (exact) mass is 344 g/mol. The predicted octanol–water partition coefficient (Wildman–Crippen LogP) is 4.31. The van der Waals surface area contributed by atoms with Crippen LogP contribution in [0, 0.1) is 0 Å². The van der Waals surface area contributed by atoms with Crippen molar-refractivity contribution >= 4 is 39.1 Å². The first-order valence-electron chi connectivity index (χ1n) is 5.28. The molecule has 0 saturated heterocycles. The molecule has 3 N–H and O–H groups in total. The first-order valence-corrected chi connectivity index (χ1v) is 6.83. The second-order valence-electron chi connectivity index (χ2n) is 3.82. The van der Waals surface area contributed by atoms with Crippen LogP contribution in [0.2, 0.25) is 10.0 Å². The smallest absolute Gasteiger partial charge is 0.0721 e. The summed E-state index contributed by atoms with van der Waals surface area (Å²) >= 11 is 15.3. The lowest BCUT2D eigenvalue weighted by Crippen LogP contribution is -2.29. The summed E-state index contributed by atoms with van der Waals surface area (Å²) in [6.45, 7) is 0. The van der Waals surface area contributed by atoms with Crippen molar-refractivity contribution in [3.63, 3.8) is 0 Å². The summed E-state index contributed by atoms with van der Waals surface area (Å²) in [5.41, 5.74) is 4.85. The zero-order valence-corrected chi connectivity index (χ0v) is 12.4. The minimum Gasteiger partial charge on any atom is -0.271 e. The van der Waals surface area contributed by atoms with Crippen molar-refractivity contribution in [1.82, 2.24) is 5.43 Å². The van der Waals surface area contributed by atoms with Crippen LogP contribution in [-0.4, -0.2) is 0 Å². The second-order valence-corrected chi connectivity index (χ2v) is 5.54. The van der Waals surface area contributed by atoms with Gasteiger partial charge < -0.3 is 0 Å². The molecule has 0 saturated carbocycles. The van der Waals surface area contributed by atoms with E-state index >= 15 is 0 Å². The summed E-state index contributed by atoms with van der Waals surface area (Å²) in [6, 6.07) is 13.1. The molecule has 2 nitrogen and oxygen atoms in total. The van der Waals surface area contributed by atoms with Gasteiger partial charge in [-0.15, -0.1) is 0 Å². The van der Waals surface area contributed by atoms with Gasteiger partial charge in [0, 0.05) is 14.5 Å². The molecule has 94 valence electrons. The first kappa shape index (κ1) is 13.8. The normalized spacial score (nSPS) is 12.4. The summed E-state index contributed by atoms with van der Waals surface area (Å²) in [7, 11) is 0. The maximum Gasteiger partial charge on any atom is 0.0721 e. The van der Waals surface area contributed by atoms with E-state index in [4.69, 9.17) is 29.0 Å². The zero-order chi connectivity index (χ0) is 13.1. The van der Waals surface area contributed by atoms with E-state index in [-0.39, 0.29) is 6.04 Å². The Morgan fingerprint density at radius 2 is 1.61 bits per heavy atom. The van der Waals surface area contributed by atoms with Gasteiger partial charge in [-0.2, -0.15) is 0 Å². The molecule has 0 aliphatic carbocycles. The maximum atomic E-state index is 5.93. The van der Waals surface area contributed by atoms with Gasteiger partial charge >= 0.3 is 0 Å². The lowest BCUT2D eigenvalue weighted by molar-refractivity contribution is 0.635. The lowest BCUT2D eigenvalue weighted by atomic mass is 9.99. The van der Waals surface area contributed by atoms with Crippen molar-refractivity contribution in [3.8, 4) is 0 Å². The molecule has 0 spiro atoms. The van der Waals surface area contributed by atoms with Gasteiger partial charge in [0.25, 0.3) is 0 Å². The van der Waals surface area contributed by atoms with Crippen LogP contribution < -0.4 is 11.3 Å². The molecule has 0 aliphatic heterocycles. The van der Waals surface area contributed by atoms with Crippen LogP contribution in [0.5, 0.6) is 0 Å². The number of rotatable bonds is 3. The Labute approximate surface area is 124 Å². The van der Waals surface area contributed by atoms with Crippen LogP contribution in [0.4, 0.5) is 0 Å². The van der Waals surface area contributed by atoms with Crippen molar-refractivity contribution < 1.29 is 0 Å². The Bertz CT molecular complexity index is 543. The summed E-state index contributed by atoms with van der Waals surface area (Å²) in [4.78, 5) is 0. The molecule has 0 radical (unpaired) electrons. The van der Waals surface area contributed by atoms with Crippen molar-refractivity contribution in [1.29, 1.82) is 0 Å². The molecular weight excluding hydrogens is 335 g/mol. The van der Waals surface area contributed by atoms with E-state index in [0.29, 0.717) is 10.0 Å². The second kappa shape index (κ2) is 6.04. The molecule has 18 heavy (non-hydrogen) atoms. The Kier molecular flexibility index (Phi) is 4.65. The van der Waals surface area contributed by atoms with Crippen molar-refractivity contribution in [3.05, 3.63) is 68.1 Å². The van der Waals surface area contributed by atoms with Crippen LogP contribution in [0.25, 0.3) is 0 Å². The lowest BCUT2D eigenvalue weighted by Gasteiger charge is -2.18. The topological polar surface area (TPSA) is 38.0 Å². The molecule has 0 aromatic heterocycles. The average Bonchev–Trinajstić information content (AvgIpc) is 2.35. The number of benzene rings is 2. The third-order valence-corrected chi connectivity index (χ3v) is 3.82. The molecule has 0 aliphatic rings. The van der Waals surface area contributed by atoms with Crippen molar-refractivity contribution in [2.75, 3.05) is 0 Å². The zero-order valence-electron chi connectivity index (χ0n) is 9.33. The average molecular weight is 346 g/mol. The minimum absolute atomic E-state index is 0.117. The molecule has 2 aromatic carbocycles. The fourth-order valence-electron chi connectivity index (χ4n) is 1.76. The molecule has 5 heteroatoms. The van der Waals surface area contributed by atoms with Crippen LogP contribution in [0.1, 0.15) is 17.2 Å². The number of hydrogen-bond donors (Lipinski definition) is 2. The van der Waals surface area contributed by atoms with Crippen molar-refractivity contribution in [2.45, 2.75) is 6.04 Å². The molecule has 2 aromatic rings. The highest BCUT2D eigenvalue weighted by molar-refractivity contribution is 9.10. The van der Waals surface area contributed by atoms with Gasteiger partial charge in [0.1, 0.15) is 0 Å². The Morgan fingerprint density at radius 3 is 2.17 bits per heavy atom. The van der Waals surface area contributed by atoms with Gasteiger partial charge in [-0.25, -0.2) is 5.43 Å². The minimum atomic E-state index is -0.117. The van der Waals surface area contributed by atoms with Gasteiger partial charge in [0.2, 0.25) is 0 Å². The molecular formula is C13H11BrCl2N2. The fraction of sp³-hybridized carbons (Fsp3) is 0.0769. The van der Waals surface area contributed by atoms with Crippen LogP contribution in [-0.2, 0) is 0 Å². The standard InChI is InChI=1S/C13H11BrCl2N2/c14-12-7-10(16)5-6-11(12)13(18-17)8-1-3-9(15)4-2-8/h1-7,13,18H,17H2. The number of halogens is 3. The van der Waals surface area contributed by atoms with Gasteiger partial charge in [-0.1, -0.05) is 57.3 Å². The van der Waals surface area contributed by atoms with Crippen molar-refractivity contribution in [2.24, 2.45) is 5.84 Å². The summed E-state index contributed by atoms with van der Waals surface area (Å²) in [5.74, 6) is 5.65. The van der Waals surface area contributed by atoms with Gasteiger partial charge in [0.15, 0.2) is 0 Å². The Morgan fingerprint density at radius 1 is 1.00 bits per heavy atom. The Hall–Kier alpha value is -0.580. The van der Waals surface area contributed by atoms with Crippen LogP contribution in [0.3, 0.4) is 0 Å². The number of hydrazine groups is 1. The molecule has 0 bridgehead atoms. The molecule has 0 fully saturated rings. The van der Waals surface area contributed by atoms with Gasteiger partial charge in [-0.05, 0) is 35.4 Å². The van der Waals surface area contributed by atoms with Crippen LogP contribution >= 0.6 is 39.1 Å². The van der Waals surface area contributed by atoms with E-state index in [9.17, 15) is 0 Å². The van der Waals surface area contributed by atoms with E-state index < -0.39 is 0 Å². The summed E-state index contributed by atoms with van der Waals surface area (Å²) < 4.78 is 0.910. The van der Waals surface area contributed by atoms with E-state index in [1.807, 2.05) is 42.5 Å². The van der Waals surface area contributed by atoms with Crippen LogP contribution in [0.15, 0.2) is 46.9 Å². The SMILES string of the molecule is NNC(c1ccc(Cl)cc1)c1ccc(Cl)cc1Br. The molecule has 0 heterocycles. The maximum absolute atomic E-state index is 5.93.